The third kappa shape index (κ3) is 2.68. The molecule has 0 amide bonds. The van der Waals surface area contributed by atoms with Crippen LogP contribution in [-0.4, -0.2) is 29.6 Å². The Balaban J connectivity index is 1.77. The van der Waals surface area contributed by atoms with Gasteiger partial charge >= 0.3 is 5.97 Å². The summed E-state index contributed by atoms with van der Waals surface area (Å²) >= 11 is 8.10. The number of halogens is 2. The van der Waals surface area contributed by atoms with Crippen molar-refractivity contribution in [3.05, 3.63) is 44.6 Å². The van der Waals surface area contributed by atoms with Gasteiger partial charge in [-0.15, -0.1) is 0 Å². The SMILES string of the molecule is O=C(OC12CCCN(C1)/C(=C/I)C2)c1ccc(Cl)cc1. The lowest BCUT2D eigenvalue weighted by Crippen LogP contribution is -2.42. The van der Waals surface area contributed by atoms with E-state index in [0.717, 1.165) is 32.4 Å². The van der Waals surface area contributed by atoms with Crippen LogP contribution in [-0.2, 0) is 4.74 Å². The number of carbonyl (C=O) groups is 1. The summed E-state index contributed by atoms with van der Waals surface area (Å²) in [5, 5.41) is 0.625. The van der Waals surface area contributed by atoms with Gasteiger partial charge in [0, 0.05) is 23.7 Å². The second-order valence-corrected chi connectivity index (χ2v) is 6.44. The summed E-state index contributed by atoms with van der Waals surface area (Å²) in [5.41, 5.74) is 1.51. The number of esters is 1. The van der Waals surface area contributed by atoms with Crippen LogP contribution in [0.25, 0.3) is 0 Å². The molecule has 20 heavy (non-hydrogen) atoms. The lowest BCUT2D eigenvalue weighted by atomic mass is 9.94. The van der Waals surface area contributed by atoms with Crippen molar-refractivity contribution in [2.24, 2.45) is 0 Å². The van der Waals surface area contributed by atoms with Crippen LogP contribution in [0.4, 0.5) is 0 Å². The maximum absolute atomic E-state index is 12.3. The standard InChI is InChI=1S/C15H15ClINO2/c16-12-4-2-11(3-5-12)14(19)20-15-6-1-7-18(10-15)13(8-15)9-17/h2-5,9H,1,6-8,10H2/b13-9+. The monoisotopic (exact) mass is 403 g/mol. The highest BCUT2D eigenvalue weighted by Gasteiger charge is 2.46. The van der Waals surface area contributed by atoms with Crippen molar-refractivity contribution in [1.29, 1.82) is 0 Å². The van der Waals surface area contributed by atoms with Gasteiger partial charge in [-0.3, -0.25) is 0 Å². The second kappa shape index (κ2) is 5.56. The zero-order valence-electron chi connectivity index (χ0n) is 10.9. The molecule has 0 aliphatic carbocycles. The summed E-state index contributed by atoms with van der Waals surface area (Å²) in [7, 11) is 0. The fourth-order valence-electron chi connectivity index (χ4n) is 3.00. The van der Waals surface area contributed by atoms with E-state index in [4.69, 9.17) is 16.3 Å². The molecule has 5 heteroatoms. The van der Waals surface area contributed by atoms with Gasteiger partial charge in [-0.25, -0.2) is 4.79 Å². The Bertz CT molecular complexity index is 557. The van der Waals surface area contributed by atoms with Crippen molar-refractivity contribution in [2.45, 2.75) is 24.9 Å². The molecule has 106 valence electrons. The molecule has 2 fully saturated rings. The van der Waals surface area contributed by atoms with Crippen LogP contribution in [0.5, 0.6) is 0 Å². The van der Waals surface area contributed by atoms with E-state index in [9.17, 15) is 4.79 Å². The summed E-state index contributed by atoms with van der Waals surface area (Å²) < 4.78 is 7.96. The Hall–Kier alpha value is -0.750. The average Bonchev–Trinajstić information content (AvgIpc) is 2.69. The van der Waals surface area contributed by atoms with Gasteiger partial charge in [0.25, 0.3) is 0 Å². The minimum absolute atomic E-state index is 0.252. The zero-order valence-corrected chi connectivity index (χ0v) is 13.9. The molecule has 2 heterocycles. The summed E-state index contributed by atoms with van der Waals surface area (Å²) in [6.45, 7) is 1.89. The van der Waals surface area contributed by atoms with Crippen molar-refractivity contribution in [3.8, 4) is 0 Å². The molecular formula is C15H15ClINO2. The molecule has 0 aromatic heterocycles. The van der Waals surface area contributed by atoms with E-state index in [1.165, 1.54) is 5.70 Å². The number of hydrogen-bond acceptors (Lipinski definition) is 3. The smallest absolute Gasteiger partial charge is 0.338 e. The number of piperidine rings is 1. The molecule has 0 radical (unpaired) electrons. The molecule has 0 N–H and O–H groups in total. The van der Waals surface area contributed by atoms with Crippen LogP contribution in [0.2, 0.25) is 5.02 Å². The highest BCUT2D eigenvalue weighted by atomic mass is 127. The molecule has 2 aliphatic heterocycles. The highest BCUT2D eigenvalue weighted by molar-refractivity contribution is 14.1. The molecule has 2 saturated heterocycles. The van der Waals surface area contributed by atoms with Crippen molar-refractivity contribution in [1.82, 2.24) is 4.90 Å². The van der Waals surface area contributed by atoms with Crippen molar-refractivity contribution in [3.63, 3.8) is 0 Å². The summed E-state index contributed by atoms with van der Waals surface area (Å²) in [5.74, 6) is -0.252. The highest BCUT2D eigenvalue weighted by Crippen LogP contribution is 2.41. The number of ether oxygens (including phenoxy) is 1. The van der Waals surface area contributed by atoms with Crippen LogP contribution < -0.4 is 0 Å². The molecule has 1 aromatic rings. The predicted octanol–water partition coefficient (Wildman–Crippen LogP) is 4.01. The largest absolute Gasteiger partial charge is 0.453 e. The Labute approximate surface area is 137 Å². The summed E-state index contributed by atoms with van der Waals surface area (Å²) in [6, 6.07) is 6.86. The summed E-state index contributed by atoms with van der Waals surface area (Å²) in [4.78, 5) is 14.6. The maximum Gasteiger partial charge on any atom is 0.338 e. The van der Waals surface area contributed by atoms with Crippen LogP contribution in [0.1, 0.15) is 29.6 Å². The second-order valence-electron chi connectivity index (χ2n) is 5.38. The van der Waals surface area contributed by atoms with Crippen molar-refractivity contribution < 1.29 is 9.53 Å². The van der Waals surface area contributed by atoms with Gasteiger partial charge in [0.05, 0.1) is 12.1 Å². The van der Waals surface area contributed by atoms with Gasteiger partial charge in [0.1, 0.15) is 5.60 Å². The van der Waals surface area contributed by atoms with E-state index < -0.39 is 0 Å². The summed E-state index contributed by atoms with van der Waals surface area (Å²) in [6.07, 6.45) is 2.84. The number of carbonyl (C=O) groups excluding carboxylic acids is 1. The number of benzene rings is 1. The Morgan fingerprint density at radius 1 is 1.40 bits per heavy atom. The number of rotatable bonds is 2. The third-order valence-corrected chi connectivity index (χ3v) is 4.93. The molecule has 1 unspecified atom stereocenters. The topological polar surface area (TPSA) is 29.5 Å². The molecule has 3 nitrogen and oxygen atoms in total. The van der Waals surface area contributed by atoms with Crippen molar-refractivity contribution in [2.75, 3.05) is 13.1 Å². The van der Waals surface area contributed by atoms with Crippen LogP contribution >= 0.6 is 34.2 Å². The minimum atomic E-state index is -0.341. The van der Waals surface area contributed by atoms with E-state index >= 15 is 0 Å². The van der Waals surface area contributed by atoms with Gasteiger partial charge in [0.2, 0.25) is 0 Å². The molecular weight excluding hydrogens is 389 g/mol. The number of fused-ring (bicyclic) bond motifs is 2. The number of hydrogen-bond donors (Lipinski definition) is 0. The first kappa shape index (κ1) is 14.2. The van der Waals surface area contributed by atoms with E-state index in [1.54, 1.807) is 24.3 Å². The first-order valence-electron chi connectivity index (χ1n) is 6.65. The third-order valence-electron chi connectivity index (χ3n) is 3.96. The van der Waals surface area contributed by atoms with Crippen LogP contribution in [0.15, 0.2) is 34.0 Å². The maximum atomic E-state index is 12.3. The zero-order chi connectivity index (χ0) is 14.2. The van der Waals surface area contributed by atoms with Gasteiger partial charge < -0.3 is 9.64 Å². The molecule has 3 rings (SSSR count). The van der Waals surface area contributed by atoms with Gasteiger partial charge in [-0.05, 0) is 41.2 Å². The average molecular weight is 404 g/mol. The van der Waals surface area contributed by atoms with Gasteiger partial charge in [0.15, 0.2) is 0 Å². The quantitative estimate of drug-likeness (QED) is 0.552. The molecule has 1 atom stereocenters. The Kier molecular flexibility index (Phi) is 3.95. The Morgan fingerprint density at radius 2 is 2.15 bits per heavy atom. The normalized spacial score (nSPS) is 26.9. The van der Waals surface area contributed by atoms with E-state index in [1.807, 2.05) is 0 Å². The fraction of sp³-hybridized carbons (Fsp3) is 0.400. The molecule has 2 aliphatic rings. The first-order valence-corrected chi connectivity index (χ1v) is 8.27. The minimum Gasteiger partial charge on any atom is -0.453 e. The van der Waals surface area contributed by atoms with Crippen molar-refractivity contribution >= 4 is 40.2 Å². The molecule has 1 aromatic carbocycles. The first-order chi connectivity index (χ1) is 9.62. The lowest BCUT2D eigenvalue weighted by Gasteiger charge is -2.33. The van der Waals surface area contributed by atoms with E-state index in [0.29, 0.717) is 10.6 Å². The lowest BCUT2D eigenvalue weighted by molar-refractivity contribution is -0.0270. The predicted molar refractivity (Wildman–Crippen MR) is 87.1 cm³/mol. The Morgan fingerprint density at radius 3 is 2.85 bits per heavy atom. The van der Waals surface area contributed by atoms with Crippen LogP contribution in [0.3, 0.4) is 0 Å². The van der Waals surface area contributed by atoms with E-state index in [-0.39, 0.29) is 11.6 Å². The fourth-order valence-corrected chi connectivity index (χ4v) is 3.74. The number of nitrogens with zero attached hydrogens (tertiary/aromatic N) is 1. The van der Waals surface area contributed by atoms with Gasteiger partial charge in [-0.1, -0.05) is 34.2 Å². The van der Waals surface area contributed by atoms with E-state index in [2.05, 4.69) is 31.6 Å². The molecule has 0 saturated carbocycles. The van der Waals surface area contributed by atoms with Crippen LogP contribution in [0, 0.1) is 0 Å². The van der Waals surface area contributed by atoms with Gasteiger partial charge in [-0.2, -0.15) is 0 Å². The molecule has 0 spiro atoms. The molecule has 2 bridgehead atoms.